The molecule has 0 radical (unpaired) electrons. The Hall–Kier alpha value is -3.30. The molecule has 3 aromatic rings. The van der Waals surface area contributed by atoms with Crippen LogP contribution in [-0.4, -0.2) is 82.4 Å². The van der Waals surface area contributed by atoms with Crippen molar-refractivity contribution in [2.45, 2.75) is 36.9 Å². The Morgan fingerprint density at radius 2 is 1.75 bits per heavy atom. The molecule has 1 saturated heterocycles. The topological polar surface area (TPSA) is 153 Å². The van der Waals surface area contributed by atoms with Gasteiger partial charge in [0.15, 0.2) is 33.0 Å². The molecule has 0 amide bonds. The predicted molar refractivity (Wildman–Crippen MR) is 122 cm³/mol. The molecule has 1 aliphatic heterocycles. The summed E-state index contributed by atoms with van der Waals surface area (Å²) >= 11 is 0. The van der Waals surface area contributed by atoms with Crippen LogP contribution in [0.5, 0.6) is 11.8 Å². The minimum absolute atomic E-state index is 0.0737. The van der Waals surface area contributed by atoms with Crippen molar-refractivity contribution < 1.29 is 31.8 Å². The fourth-order valence-corrected chi connectivity index (χ4v) is 5.29. The van der Waals surface area contributed by atoms with E-state index in [1.165, 1.54) is 25.1 Å². The van der Waals surface area contributed by atoms with E-state index in [1.54, 1.807) is 13.8 Å². The van der Waals surface area contributed by atoms with Crippen molar-refractivity contribution >= 4 is 9.84 Å². The van der Waals surface area contributed by atoms with E-state index >= 15 is 0 Å². The second-order valence-corrected chi connectivity index (χ2v) is 10.4. The second-order valence-electron chi connectivity index (χ2n) is 8.05. The van der Waals surface area contributed by atoms with Gasteiger partial charge in [-0.15, -0.1) is 10.2 Å². The summed E-state index contributed by atoms with van der Waals surface area (Å²) in [7, 11) is -1.02. The third-order valence-electron chi connectivity index (χ3n) is 5.87. The molecule has 36 heavy (non-hydrogen) atoms. The monoisotopic (exact) mass is 523 g/mol. The number of nitrogens with zero attached hydrogens (tertiary/aromatic N) is 7. The SMILES string of the molecule is COc1ncnc(OC)c1-n1c(CS(=O)(=O)[C@@H](C)[C@H](C)c2ncc(F)cn2)nnc1[C@@H]1COCCO1. The molecule has 1 aliphatic rings. The van der Waals surface area contributed by atoms with Crippen molar-refractivity contribution in [2.24, 2.45) is 0 Å². The maximum atomic E-state index is 13.5. The summed E-state index contributed by atoms with van der Waals surface area (Å²) in [5.74, 6) is -0.907. The molecule has 0 saturated carbocycles. The van der Waals surface area contributed by atoms with Crippen LogP contribution < -0.4 is 9.47 Å². The minimum Gasteiger partial charge on any atom is -0.479 e. The van der Waals surface area contributed by atoms with Crippen molar-refractivity contribution in [3.63, 3.8) is 0 Å². The molecule has 3 atom stereocenters. The Morgan fingerprint density at radius 3 is 2.33 bits per heavy atom. The minimum atomic E-state index is -3.85. The van der Waals surface area contributed by atoms with Gasteiger partial charge in [0.25, 0.3) is 0 Å². The first-order valence-corrected chi connectivity index (χ1v) is 12.7. The third-order valence-corrected chi connectivity index (χ3v) is 8.07. The Bertz CT molecular complexity index is 1280. The normalized spacial score (nSPS) is 18.0. The highest BCUT2D eigenvalue weighted by Gasteiger charge is 2.35. The van der Waals surface area contributed by atoms with Gasteiger partial charge in [-0.1, -0.05) is 6.92 Å². The number of sulfone groups is 1. The molecule has 4 rings (SSSR count). The van der Waals surface area contributed by atoms with Crippen LogP contribution in [0.2, 0.25) is 0 Å². The number of aromatic nitrogens is 7. The summed E-state index contributed by atoms with van der Waals surface area (Å²) in [6.45, 7) is 4.15. The van der Waals surface area contributed by atoms with Gasteiger partial charge in [0.1, 0.15) is 24.0 Å². The lowest BCUT2D eigenvalue weighted by atomic mass is 10.1. The van der Waals surface area contributed by atoms with E-state index in [-0.39, 0.29) is 41.5 Å². The molecule has 0 bridgehead atoms. The molecule has 4 heterocycles. The molecule has 13 nitrogen and oxygen atoms in total. The number of hydrogen-bond acceptors (Lipinski definition) is 12. The Morgan fingerprint density at radius 1 is 1.08 bits per heavy atom. The number of ether oxygens (including phenoxy) is 4. The van der Waals surface area contributed by atoms with Gasteiger partial charge >= 0.3 is 0 Å². The molecule has 0 aliphatic carbocycles. The second kappa shape index (κ2) is 10.8. The first-order chi connectivity index (χ1) is 17.3. The average Bonchev–Trinajstić information content (AvgIpc) is 3.30. The van der Waals surface area contributed by atoms with E-state index in [1.807, 2.05) is 0 Å². The van der Waals surface area contributed by atoms with E-state index in [0.717, 1.165) is 12.4 Å². The lowest BCUT2D eigenvalue weighted by Gasteiger charge is -2.24. The molecular formula is C21H26FN7O6S. The van der Waals surface area contributed by atoms with Crippen molar-refractivity contribution in [3.05, 3.63) is 42.0 Å². The average molecular weight is 524 g/mol. The van der Waals surface area contributed by atoms with Gasteiger partial charge in [-0.25, -0.2) is 22.8 Å². The smallest absolute Gasteiger partial charge is 0.245 e. The van der Waals surface area contributed by atoms with Crippen molar-refractivity contribution in [3.8, 4) is 17.4 Å². The molecule has 194 valence electrons. The fraction of sp³-hybridized carbons (Fsp3) is 0.524. The molecule has 1 fully saturated rings. The zero-order valence-corrected chi connectivity index (χ0v) is 21.0. The maximum absolute atomic E-state index is 13.5. The fourth-order valence-electron chi connectivity index (χ4n) is 3.74. The Labute approximate surface area is 207 Å². The van der Waals surface area contributed by atoms with E-state index in [9.17, 15) is 12.8 Å². The van der Waals surface area contributed by atoms with Crippen LogP contribution >= 0.6 is 0 Å². The van der Waals surface area contributed by atoms with Gasteiger partial charge < -0.3 is 18.9 Å². The summed E-state index contributed by atoms with van der Waals surface area (Å²) in [6, 6.07) is 0. The van der Waals surface area contributed by atoms with E-state index in [0.29, 0.717) is 13.2 Å². The van der Waals surface area contributed by atoms with Crippen LogP contribution in [0.1, 0.15) is 43.3 Å². The first kappa shape index (κ1) is 25.8. The van der Waals surface area contributed by atoms with Gasteiger partial charge in [0.05, 0.1) is 51.7 Å². The van der Waals surface area contributed by atoms with Gasteiger partial charge in [-0.3, -0.25) is 4.57 Å². The number of halogens is 1. The van der Waals surface area contributed by atoms with Crippen LogP contribution in [0, 0.1) is 5.82 Å². The predicted octanol–water partition coefficient (Wildman–Crippen LogP) is 1.20. The van der Waals surface area contributed by atoms with Gasteiger partial charge in [-0.05, 0) is 6.92 Å². The number of hydrogen-bond donors (Lipinski definition) is 0. The highest BCUT2D eigenvalue weighted by atomic mass is 32.2. The quantitative estimate of drug-likeness (QED) is 0.396. The lowest BCUT2D eigenvalue weighted by Crippen LogP contribution is -2.28. The van der Waals surface area contributed by atoms with Crippen LogP contribution in [0.3, 0.4) is 0 Å². The van der Waals surface area contributed by atoms with Crippen LogP contribution in [0.15, 0.2) is 18.7 Å². The summed E-state index contributed by atoms with van der Waals surface area (Å²) in [5, 5.41) is 7.49. The molecule has 0 unspecified atom stereocenters. The van der Waals surface area contributed by atoms with Crippen LogP contribution in [0.25, 0.3) is 5.69 Å². The van der Waals surface area contributed by atoms with E-state index in [4.69, 9.17) is 18.9 Å². The zero-order valence-electron chi connectivity index (χ0n) is 20.2. The van der Waals surface area contributed by atoms with Gasteiger partial charge in [-0.2, -0.15) is 9.97 Å². The zero-order chi connectivity index (χ0) is 25.9. The van der Waals surface area contributed by atoms with Gasteiger partial charge in [0, 0.05) is 5.92 Å². The molecule has 15 heteroatoms. The van der Waals surface area contributed by atoms with Crippen molar-refractivity contribution in [2.75, 3.05) is 34.0 Å². The summed E-state index contributed by atoms with van der Waals surface area (Å²) in [5.41, 5.74) is 0.226. The Kier molecular flexibility index (Phi) is 7.70. The highest BCUT2D eigenvalue weighted by Crippen LogP contribution is 2.34. The number of methoxy groups -OCH3 is 2. The number of rotatable bonds is 9. The Balaban J connectivity index is 1.77. The van der Waals surface area contributed by atoms with Crippen LogP contribution in [0.4, 0.5) is 4.39 Å². The third kappa shape index (κ3) is 5.12. The highest BCUT2D eigenvalue weighted by molar-refractivity contribution is 7.91. The molecular weight excluding hydrogens is 497 g/mol. The van der Waals surface area contributed by atoms with E-state index in [2.05, 4.69) is 30.1 Å². The van der Waals surface area contributed by atoms with Crippen molar-refractivity contribution in [1.82, 2.24) is 34.7 Å². The first-order valence-electron chi connectivity index (χ1n) is 11.0. The van der Waals surface area contributed by atoms with E-state index < -0.39 is 38.7 Å². The lowest BCUT2D eigenvalue weighted by molar-refractivity contribution is -0.0942. The standard InChI is InChI=1S/C21H26FN7O6S/c1-12(18-23-7-14(22)8-24-18)13(2)36(30,31)10-16-27-28-19(15-9-34-5-6-35-15)29(16)17-20(32-3)25-11-26-21(17)33-4/h7-8,11-13,15H,5-6,9-10H2,1-4H3/t12-,13-,15-/m0/s1. The largest absolute Gasteiger partial charge is 0.479 e. The molecule has 0 spiro atoms. The van der Waals surface area contributed by atoms with Crippen LogP contribution in [-0.2, 0) is 25.1 Å². The molecule has 0 N–H and O–H groups in total. The summed E-state index contributed by atoms with van der Waals surface area (Å²) in [6.07, 6.45) is 2.64. The maximum Gasteiger partial charge on any atom is 0.245 e. The molecule has 3 aromatic heterocycles. The summed E-state index contributed by atoms with van der Waals surface area (Å²) in [4.78, 5) is 16.1. The van der Waals surface area contributed by atoms with Crippen molar-refractivity contribution in [1.29, 1.82) is 0 Å². The van der Waals surface area contributed by atoms with Gasteiger partial charge in [0.2, 0.25) is 11.8 Å². The molecule has 0 aromatic carbocycles. The summed E-state index contributed by atoms with van der Waals surface area (Å²) < 4.78 is 63.9.